The molecule has 0 saturated heterocycles. The van der Waals surface area contributed by atoms with Gasteiger partial charge >= 0.3 is 5.97 Å². The summed E-state index contributed by atoms with van der Waals surface area (Å²) < 4.78 is 11.1. The Morgan fingerprint density at radius 1 is 1.48 bits per heavy atom. The Morgan fingerprint density at radius 2 is 2.19 bits per heavy atom. The van der Waals surface area contributed by atoms with E-state index in [9.17, 15) is 4.79 Å². The van der Waals surface area contributed by atoms with Crippen LogP contribution in [0.2, 0.25) is 0 Å². The van der Waals surface area contributed by atoms with Gasteiger partial charge in [-0.25, -0.2) is 4.79 Å². The molecule has 0 N–H and O–H groups in total. The Kier molecular flexibility index (Phi) is 7.23. The van der Waals surface area contributed by atoms with Gasteiger partial charge in [-0.05, 0) is 40.5 Å². The van der Waals surface area contributed by atoms with E-state index in [1.54, 1.807) is 0 Å². The zero-order valence-electron chi connectivity index (χ0n) is 13.6. The van der Waals surface area contributed by atoms with E-state index >= 15 is 0 Å². The molecule has 0 aromatic heterocycles. The summed E-state index contributed by atoms with van der Waals surface area (Å²) in [4.78, 5) is 14.1. The van der Waals surface area contributed by atoms with Crippen molar-refractivity contribution in [3.8, 4) is 0 Å². The molecule has 0 radical (unpaired) electrons. The van der Waals surface area contributed by atoms with Gasteiger partial charge in [0.25, 0.3) is 0 Å². The Morgan fingerprint density at radius 3 is 2.76 bits per heavy atom. The Labute approximate surface area is 128 Å². The number of ether oxygens (including phenoxy) is 2. The molecule has 1 unspecified atom stereocenters. The van der Waals surface area contributed by atoms with Gasteiger partial charge in [0.15, 0.2) is 0 Å². The van der Waals surface area contributed by atoms with Crippen molar-refractivity contribution in [1.29, 1.82) is 0 Å². The molecule has 1 rings (SSSR count). The molecule has 21 heavy (non-hydrogen) atoms. The van der Waals surface area contributed by atoms with Gasteiger partial charge in [-0.1, -0.05) is 17.7 Å². The van der Waals surface area contributed by atoms with Crippen LogP contribution in [0.3, 0.4) is 0 Å². The van der Waals surface area contributed by atoms with E-state index in [1.807, 2.05) is 19.9 Å². The first kappa shape index (κ1) is 17.5. The molecule has 0 bridgehead atoms. The summed E-state index contributed by atoms with van der Waals surface area (Å²) >= 11 is 0. The van der Waals surface area contributed by atoms with Crippen LogP contribution >= 0.6 is 0 Å². The molecule has 4 nitrogen and oxygen atoms in total. The van der Waals surface area contributed by atoms with Crippen LogP contribution < -0.4 is 0 Å². The molecule has 1 aliphatic rings. The summed E-state index contributed by atoms with van der Waals surface area (Å²) in [6.07, 6.45) is 5.35. The highest BCUT2D eigenvalue weighted by Gasteiger charge is 2.29. The van der Waals surface area contributed by atoms with Gasteiger partial charge in [0.2, 0.25) is 0 Å². The normalized spacial score (nSPS) is 18.5. The van der Waals surface area contributed by atoms with Gasteiger partial charge in [0.1, 0.15) is 6.23 Å². The van der Waals surface area contributed by atoms with Crippen LogP contribution in [0.4, 0.5) is 0 Å². The quantitative estimate of drug-likeness (QED) is 0.532. The summed E-state index contributed by atoms with van der Waals surface area (Å²) in [5.74, 6) is -0.216. The lowest BCUT2D eigenvalue weighted by Crippen LogP contribution is -2.40. The molecule has 4 heteroatoms. The molecule has 0 saturated carbocycles. The van der Waals surface area contributed by atoms with Gasteiger partial charge in [0, 0.05) is 12.2 Å². The van der Waals surface area contributed by atoms with E-state index < -0.39 is 0 Å². The predicted molar refractivity (Wildman–Crippen MR) is 84.6 cm³/mol. The molecule has 0 aliphatic carbocycles. The van der Waals surface area contributed by atoms with Crippen LogP contribution in [0.25, 0.3) is 0 Å². The van der Waals surface area contributed by atoms with Gasteiger partial charge in [-0.15, -0.1) is 6.58 Å². The first-order valence-electron chi connectivity index (χ1n) is 7.50. The number of allylic oxidation sites excluding steroid dienone is 2. The fourth-order valence-electron chi connectivity index (χ4n) is 2.35. The molecule has 1 aliphatic heterocycles. The molecule has 0 spiro atoms. The van der Waals surface area contributed by atoms with Crippen LogP contribution in [0, 0.1) is 0 Å². The second kappa shape index (κ2) is 8.67. The van der Waals surface area contributed by atoms with Crippen molar-refractivity contribution in [2.45, 2.75) is 46.8 Å². The summed E-state index contributed by atoms with van der Waals surface area (Å²) in [6, 6.07) is 0. The molecule has 1 atom stereocenters. The van der Waals surface area contributed by atoms with E-state index in [-0.39, 0.29) is 12.2 Å². The Bertz CT molecular complexity index is 433. The zero-order valence-corrected chi connectivity index (χ0v) is 13.6. The van der Waals surface area contributed by atoms with E-state index in [4.69, 9.17) is 9.47 Å². The maximum absolute atomic E-state index is 12.0. The number of hydrogen-bond acceptors (Lipinski definition) is 4. The SMILES string of the molecule is C=CCN1C(C)=C(C(=O)OCC)CCC1OCC=C(C)C. The summed E-state index contributed by atoms with van der Waals surface area (Å²) in [7, 11) is 0. The third kappa shape index (κ3) is 5.05. The highest BCUT2D eigenvalue weighted by Crippen LogP contribution is 2.28. The Hall–Kier alpha value is -1.55. The van der Waals surface area contributed by atoms with E-state index in [0.29, 0.717) is 26.2 Å². The third-order valence-electron chi connectivity index (χ3n) is 3.48. The lowest BCUT2D eigenvalue weighted by molar-refractivity contribution is -0.139. The number of carbonyl (C=O) groups excluding carboxylic acids is 1. The zero-order chi connectivity index (χ0) is 15.8. The van der Waals surface area contributed by atoms with Crippen molar-refractivity contribution in [3.63, 3.8) is 0 Å². The largest absolute Gasteiger partial charge is 0.463 e. The van der Waals surface area contributed by atoms with Gasteiger partial charge < -0.3 is 14.4 Å². The fraction of sp³-hybridized carbons (Fsp3) is 0.588. The van der Waals surface area contributed by atoms with Crippen LogP contribution in [-0.2, 0) is 14.3 Å². The summed E-state index contributed by atoms with van der Waals surface area (Å²) in [6.45, 7) is 13.3. The number of esters is 1. The number of hydrogen-bond donors (Lipinski definition) is 0. The van der Waals surface area contributed by atoms with Crippen molar-refractivity contribution in [1.82, 2.24) is 4.90 Å². The van der Waals surface area contributed by atoms with E-state index in [1.165, 1.54) is 5.57 Å². The average molecular weight is 293 g/mol. The van der Waals surface area contributed by atoms with Crippen LogP contribution in [0.1, 0.15) is 40.5 Å². The van der Waals surface area contributed by atoms with Crippen molar-refractivity contribution in [3.05, 3.63) is 35.6 Å². The van der Waals surface area contributed by atoms with E-state index in [0.717, 1.165) is 17.7 Å². The fourth-order valence-corrected chi connectivity index (χ4v) is 2.35. The topological polar surface area (TPSA) is 38.8 Å². The number of rotatable bonds is 7. The molecule has 118 valence electrons. The third-order valence-corrected chi connectivity index (χ3v) is 3.48. The monoisotopic (exact) mass is 293 g/mol. The minimum atomic E-state index is -0.216. The van der Waals surface area contributed by atoms with Crippen LogP contribution in [0.15, 0.2) is 35.6 Å². The maximum atomic E-state index is 12.0. The summed E-state index contributed by atoms with van der Waals surface area (Å²) in [5, 5.41) is 0. The van der Waals surface area contributed by atoms with Gasteiger partial charge in [0.05, 0.1) is 18.8 Å². The van der Waals surface area contributed by atoms with Crippen LogP contribution in [-0.4, -0.2) is 36.9 Å². The van der Waals surface area contributed by atoms with Crippen molar-refractivity contribution < 1.29 is 14.3 Å². The molecule has 0 amide bonds. The minimum absolute atomic E-state index is 0.0169. The highest BCUT2D eigenvalue weighted by molar-refractivity contribution is 5.89. The second-order valence-electron chi connectivity index (χ2n) is 5.33. The molecule has 0 aromatic carbocycles. The lowest BCUT2D eigenvalue weighted by Gasteiger charge is -2.38. The molecule has 1 heterocycles. The molecule has 0 fully saturated rings. The Balaban J connectivity index is 2.84. The molecular weight excluding hydrogens is 266 g/mol. The standard InChI is InChI=1S/C17H27NO3/c1-6-11-18-14(5)15(17(19)20-7-2)8-9-16(18)21-12-10-13(3)4/h6,10,16H,1,7-9,11-12H2,2-5H3. The average Bonchev–Trinajstić information content (AvgIpc) is 2.42. The second-order valence-corrected chi connectivity index (χ2v) is 5.33. The van der Waals surface area contributed by atoms with Crippen molar-refractivity contribution in [2.75, 3.05) is 19.8 Å². The minimum Gasteiger partial charge on any atom is -0.463 e. The first-order valence-corrected chi connectivity index (χ1v) is 7.50. The van der Waals surface area contributed by atoms with Gasteiger partial charge in [-0.3, -0.25) is 0 Å². The first-order chi connectivity index (χ1) is 10.0. The number of nitrogens with zero attached hydrogens (tertiary/aromatic N) is 1. The lowest BCUT2D eigenvalue weighted by atomic mass is 10.0. The maximum Gasteiger partial charge on any atom is 0.335 e. The predicted octanol–water partition coefficient (Wildman–Crippen LogP) is 3.41. The van der Waals surface area contributed by atoms with Crippen molar-refractivity contribution >= 4 is 5.97 Å². The number of carbonyl (C=O) groups is 1. The van der Waals surface area contributed by atoms with Crippen LogP contribution in [0.5, 0.6) is 0 Å². The van der Waals surface area contributed by atoms with E-state index in [2.05, 4.69) is 31.4 Å². The molecule has 0 aromatic rings. The van der Waals surface area contributed by atoms with Gasteiger partial charge in [-0.2, -0.15) is 0 Å². The molecular formula is C17H27NO3. The summed E-state index contributed by atoms with van der Waals surface area (Å²) in [5.41, 5.74) is 2.92. The smallest absolute Gasteiger partial charge is 0.335 e. The highest BCUT2D eigenvalue weighted by atomic mass is 16.5. The van der Waals surface area contributed by atoms with Crippen molar-refractivity contribution in [2.24, 2.45) is 0 Å².